The molecule has 0 amide bonds. The van der Waals surface area contributed by atoms with Crippen molar-refractivity contribution < 1.29 is 12.9 Å². The predicted molar refractivity (Wildman–Crippen MR) is 87.9 cm³/mol. The molecule has 1 fully saturated rings. The Labute approximate surface area is 141 Å². The van der Waals surface area contributed by atoms with Gasteiger partial charge in [-0.2, -0.15) is 4.31 Å². The van der Waals surface area contributed by atoms with Crippen LogP contribution in [0.4, 0.5) is 0 Å². The first-order chi connectivity index (χ1) is 10.9. The summed E-state index contributed by atoms with van der Waals surface area (Å²) in [6, 6.07) is 7.90. The fourth-order valence-corrected chi connectivity index (χ4v) is 4.77. The first-order valence-corrected chi connectivity index (χ1v) is 9.45. The van der Waals surface area contributed by atoms with Crippen LogP contribution >= 0.6 is 11.6 Å². The second-order valence-corrected chi connectivity index (χ2v) is 8.37. The van der Waals surface area contributed by atoms with Gasteiger partial charge in [0.1, 0.15) is 0 Å². The Balaban J connectivity index is 1.94. The maximum absolute atomic E-state index is 12.9. The zero-order valence-electron chi connectivity index (χ0n) is 13.1. The minimum absolute atomic E-state index is 0.209. The molecule has 1 aliphatic heterocycles. The van der Waals surface area contributed by atoms with Gasteiger partial charge in [0.05, 0.1) is 16.6 Å². The SMILES string of the molecule is CC(C)c1cc([C@H]2CCCN2S(=O)(=O)c2cccc(Cl)c2)on1. The molecule has 0 saturated carbocycles. The highest BCUT2D eigenvalue weighted by atomic mass is 35.5. The molecule has 1 atom stereocenters. The number of nitrogens with zero attached hydrogens (tertiary/aromatic N) is 2. The van der Waals surface area contributed by atoms with E-state index in [-0.39, 0.29) is 16.9 Å². The molecule has 0 unspecified atom stereocenters. The Morgan fingerprint density at radius 1 is 1.35 bits per heavy atom. The highest BCUT2D eigenvalue weighted by Gasteiger charge is 2.38. The van der Waals surface area contributed by atoms with Crippen molar-refractivity contribution in [2.45, 2.75) is 43.5 Å². The van der Waals surface area contributed by atoms with Crippen molar-refractivity contribution in [3.63, 3.8) is 0 Å². The van der Waals surface area contributed by atoms with Crippen LogP contribution < -0.4 is 0 Å². The van der Waals surface area contributed by atoms with Crippen molar-refractivity contribution in [2.24, 2.45) is 0 Å². The number of sulfonamides is 1. The summed E-state index contributed by atoms with van der Waals surface area (Å²) in [5.41, 5.74) is 0.840. The van der Waals surface area contributed by atoms with E-state index >= 15 is 0 Å². The molecule has 1 aromatic carbocycles. The fourth-order valence-electron chi connectivity index (χ4n) is 2.81. The van der Waals surface area contributed by atoms with E-state index in [1.807, 2.05) is 19.9 Å². The van der Waals surface area contributed by atoms with Gasteiger partial charge < -0.3 is 4.52 Å². The third-order valence-corrected chi connectivity index (χ3v) is 6.21. The Morgan fingerprint density at radius 3 is 2.78 bits per heavy atom. The normalized spacial score (nSPS) is 19.6. The van der Waals surface area contributed by atoms with Gasteiger partial charge in [-0.15, -0.1) is 0 Å². The van der Waals surface area contributed by atoms with Gasteiger partial charge in [0.25, 0.3) is 0 Å². The van der Waals surface area contributed by atoms with E-state index in [0.29, 0.717) is 17.3 Å². The Kier molecular flexibility index (Phi) is 4.49. The van der Waals surface area contributed by atoms with Crippen LogP contribution in [0.25, 0.3) is 0 Å². The van der Waals surface area contributed by atoms with Crippen LogP contribution in [0, 0.1) is 0 Å². The fraction of sp³-hybridized carbons (Fsp3) is 0.438. The highest BCUT2D eigenvalue weighted by molar-refractivity contribution is 7.89. The van der Waals surface area contributed by atoms with Crippen molar-refractivity contribution >= 4 is 21.6 Å². The van der Waals surface area contributed by atoms with Crippen molar-refractivity contribution in [2.75, 3.05) is 6.54 Å². The molecule has 124 valence electrons. The lowest BCUT2D eigenvalue weighted by Gasteiger charge is -2.22. The molecule has 0 bridgehead atoms. The minimum Gasteiger partial charge on any atom is -0.359 e. The van der Waals surface area contributed by atoms with E-state index in [1.54, 1.807) is 18.2 Å². The van der Waals surface area contributed by atoms with Gasteiger partial charge in [0, 0.05) is 17.6 Å². The summed E-state index contributed by atoms with van der Waals surface area (Å²) in [7, 11) is -3.61. The first-order valence-electron chi connectivity index (χ1n) is 7.63. The molecule has 0 N–H and O–H groups in total. The zero-order valence-corrected chi connectivity index (χ0v) is 14.6. The van der Waals surface area contributed by atoms with E-state index in [4.69, 9.17) is 16.1 Å². The van der Waals surface area contributed by atoms with E-state index in [0.717, 1.165) is 18.5 Å². The summed E-state index contributed by atoms with van der Waals surface area (Å²) in [5.74, 6) is 0.851. The molecule has 0 spiro atoms. The van der Waals surface area contributed by atoms with Crippen molar-refractivity contribution in [3.8, 4) is 0 Å². The molecule has 5 nitrogen and oxygen atoms in total. The smallest absolute Gasteiger partial charge is 0.243 e. The number of aromatic nitrogens is 1. The van der Waals surface area contributed by atoms with Crippen molar-refractivity contribution in [3.05, 3.63) is 46.8 Å². The van der Waals surface area contributed by atoms with Crippen LogP contribution in [0.5, 0.6) is 0 Å². The number of hydrogen-bond acceptors (Lipinski definition) is 4. The second-order valence-electron chi connectivity index (χ2n) is 6.04. The molecule has 0 radical (unpaired) electrons. The molecule has 23 heavy (non-hydrogen) atoms. The average molecular weight is 355 g/mol. The van der Waals surface area contributed by atoms with Gasteiger partial charge in [-0.05, 0) is 37.0 Å². The van der Waals surface area contributed by atoms with Gasteiger partial charge in [0.2, 0.25) is 10.0 Å². The predicted octanol–water partition coefficient (Wildman–Crippen LogP) is 3.98. The molecule has 1 saturated heterocycles. The number of hydrogen-bond donors (Lipinski definition) is 0. The van der Waals surface area contributed by atoms with Gasteiger partial charge in [-0.1, -0.05) is 36.7 Å². The lowest BCUT2D eigenvalue weighted by Crippen LogP contribution is -2.30. The molecular formula is C16H19ClN2O3S. The van der Waals surface area contributed by atoms with Crippen LogP contribution in [0.3, 0.4) is 0 Å². The summed E-state index contributed by atoms with van der Waals surface area (Å²) in [6.45, 7) is 4.52. The molecule has 1 aromatic heterocycles. The number of benzene rings is 1. The lowest BCUT2D eigenvalue weighted by atomic mass is 10.1. The highest BCUT2D eigenvalue weighted by Crippen LogP contribution is 2.37. The third-order valence-electron chi connectivity index (χ3n) is 4.07. The Hall–Kier alpha value is -1.37. The maximum atomic E-state index is 12.9. The van der Waals surface area contributed by atoms with Gasteiger partial charge >= 0.3 is 0 Å². The Morgan fingerprint density at radius 2 is 2.13 bits per heavy atom. The van der Waals surface area contributed by atoms with E-state index in [1.165, 1.54) is 10.4 Å². The van der Waals surface area contributed by atoms with Gasteiger partial charge in [-0.3, -0.25) is 0 Å². The summed E-state index contributed by atoms with van der Waals surface area (Å²) in [4.78, 5) is 0.209. The molecule has 3 rings (SSSR count). The summed E-state index contributed by atoms with van der Waals surface area (Å²) in [6.07, 6.45) is 1.52. The van der Waals surface area contributed by atoms with E-state index in [2.05, 4.69) is 5.16 Å². The standard InChI is InChI=1S/C16H19ClN2O3S/c1-11(2)14-10-16(22-18-14)15-7-4-8-19(15)23(20,21)13-6-3-5-12(17)9-13/h3,5-6,9-11,15H,4,7-8H2,1-2H3/t15-/m1/s1. The molecular weight excluding hydrogens is 336 g/mol. The summed E-state index contributed by atoms with van der Waals surface area (Å²) >= 11 is 5.94. The monoisotopic (exact) mass is 354 g/mol. The summed E-state index contributed by atoms with van der Waals surface area (Å²) in [5, 5.41) is 4.45. The quantitative estimate of drug-likeness (QED) is 0.833. The lowest BCUT2D eigenvalue weighted by molar-refractivity contribution is 0.295. The van der Waals surface area contributed by atoms with Crippen LogP contribution in [0.15, 0.2) is 39.8 Å². The van der Waals surface area contributed by atoms with Crippen LogP contribution in [-0.4, -0.2) is 24.4 Å². The second kappa shape index (κ2) is 6.26. The minimum atomic E-state index is -3.61. The van der Waals surface area contributed by atoms with Crippen LogP contribution in [0.2, 0.25) is 5.02 Å². The van der Waals surface area contributed by atoms with Crippen molar-refractivity contribution in [1.82, 2.24) is 9.46 Å². The first kappa shape index (κ1) is 16.5. The number of halogens is 1. The molecule has 0 aliphatic carbocycles. The largest absolute Gasteiger partial charge is 0.359 e. The van der Waals surface area contributed by atoms with Gasteiger partial charge in [0.15, 0.2) is 5.76 Å². The summed E-state index contributed by atoms with van der Waals surface area (Å²) < 4.78 is 32.7. The van der Waals surface area contributed by atoms with Gasteiger partial charge in [-0.25, -0.2) is 8.42 Å². The molecule has 7 heteroatoms. The van der Waals surface area contributed by atoms with Crippen LogP contribution in [-0.2, 0) is 10.0 Å². The topological polar surface area (TPSA) is 63.4 Å². The van der Waals surface area contributed by atoms with Crippen LogP contribution in [0.1, 0.15) is 50.1 Å². The molecule has 2 heterocycles. The van der Waals surface area contributed by atoms with Crippen molar-refractivity contribution in [1.29, 1.82) is 0 Å². The average Bonchev–Trinajstić information content (AvgIpc) is 3.16. The zero-order chi connectivity index (χ0) is 16.6. The number of rotatable bonds is 4. The van der Waals surface area contributed by atoms with E-state index in [9.17, 15) is 8.42 Å². The Bertz CT molecular complexity index is 801. The van der Waals surface area contributed by atoms with E-state index < -0.39 is 10.0 Å². The molecule has 2 aromatic rings. The third kappa shape index (κ3) is 3.16. The molecule has 1 aliphatic rings. The maximum Gasteiger partial charge on any atom is 0.243 e.